The zero-order valence-electron chi connectivity index (χ0n) is 16.5. The average Bonchev–Trinajstić information content (AvgIpc) is 2.78. The van der Waals surface area contributed by atoms with Crippen LogP contribution in [0, 0.1) is 0 Å². The van der Waals surface area contributed by atoms with Crippen molar-refractivity contribution in [1.82, 2.24) is 0 Å². The summed E-state index contributed by atoms with van der Waals surface area (Å²) in [6.45, 7) is 0.663. The number of rotatable bonds is 4. The molecule has 152 valence electrons. The summed E-state index contributed by atoms with van der Waals surface area (Å²) in [5.74, 6) is 0.291. The molecule has 4 rings (SSSR count). The first-order valence-corrected chi connectivity index (χ1v) is 10.1. The molecule has 0 bridgehead atoms. The minimum absolute atomic E-state index is 0.0263. The van der Waals surface area contributed by atoms with E-state index in [4.69, 9.17) is 16.3 Å². The molecular weight excluding hydrogens is 400 g/mol. The molecule has 5 nitrogen and oxygen atoms in total. The average molecular weight is 421 g/mol. The van der Waals surface area contributed by atoms with E-state index in [1.807, 2.05) is 42.5 Å². The molecule has 3 aromatic rings. The molecule has 1 aliphatic heterocycles. The molecule has 0 saturated carbocycles. The summed E-state index contributed by atoms with van der Waals surface area (Å²) in [7, 11) is 1.54. The number of fused-ring (bicyclic) bond motifs is 1. The van der Waals surface area contributed by atoms with Crippen LogP contribution in [0.4, 0.5) is 11.4 Å². The fraction of sp³-hybridized carbons (Fsp3) is 0.167. The molecule has 0 aliphatic carbocycles. The van der Waals surface area contributed by atoms with Gasteiger partial charge in [-0.15, -0.1) is 0 Å². The molecule has 1 aliphatic rings. The Morgan fingerprint density at radius 3 is 2.53 bits per heavy atom. The maximum atomic E-state index is 12.9. The van der Waals surface area contributed by atoms with Crippen molar-refractivity contribution in [2.75, 3.05) is 23.9 Å². The molecule has 0 atom stereocenters. The minimum atomic E-state index is -0.231. The van der Waals surface area contributed by atoms with Crippen molar-refractivity contribution in [3.63, 3.8) is 0 Å². The Morgan fingerprint density at radius 1 is 1.00 bits per heavy atom. The predicted octanol–water partition coefficient (Wildman–Crippen LogP) is 5.19. The van der Waals surface area contributed by atoms with Crippen LogP contribution >= 0.6 is 11.6 Å². The van der Waals surface area contributed by atoms with E-state index in [2.05, 4.69) is 5.32 Å². The first-order chi connectivity index (χ1) is 14.6. The van der Waals surface area contributed by atoms with Gasteiger partial charge in [0.1, 0.15) is 5.75 Å². The van der Waals surface area contributed by atoms with Crippen molar-refractivity contribution in [3.05, 3.63) is 88.4 Å². The summed E-state index contributed by atoms with van der Waals surface area (Å²) in [4.78, 5) is 27.5. The van der Waals surface area contributed by atoms with Crippen LogP contribution in [0.3, 0.4) is 0 Å². The van der Waals surface area contributed by atoms with Crippen molar-refractivity contribution in [1.29, 1.82) is 0 Å². The lowest BCUT2D eigenvalue weighted by Gasteiger charge is -2.30. The number of amides is 2. The van der Waals surface area contributed by atoms with Crippen molar-refractivity contribution >= 4 is 34.8 Å². The molecule has 30 heavy (non-hydrogen) atoms. The van der Waals surface area contributed by atoms with Crippen LogP contribution in [0.15, 0.2) is 66.7 Å². The van der Waals surface area contributed by atoms with Gasteiger partial charge in [-0.05, 0) is 66.9 Å². The number of anilines is 2. The van der Waals surface area contributed by atoms with Crippen LogP contribution < -0.4 is 15.0 Å². The molecular formula is C24H21ClN2O3. The summed E-state index contributed by atoms with van der Waals surface area (Å²) in [5.41, 5.74) is 3.63. The van der Waals surface area contributed by atoms with Crippen LogP contribution in [0.1, 0.15) is 32.7 Å². The molecule has 2 amide bonds. The van der Waals surface area contributed by atoms with Crippen molar-refractivity contribution < 1.29 is 14.3 Å². The molecule has 1 N–H and O–H groups in total. The smallest absolute Gasteiger partial charge is 0.258 e. The number of halogens is 1. The second kappa shape index (κ2) is 8.59. The summed E-state index contributed by atoms with van der Waals surface area (Å²) >= 11 is 6.14. The molecule has 0 unspecified atom stereocenters. The van der Waals surface area contributed by atoms with E-state index in [9.17, 15) is 9.59 Å². The second-order valence-corrected chi connectivity index (χ2v) is 7.48. The maximum Gasteiger partial charge on any atom is 0.258 e. The lowest BCUT2D eigenvalue weighted by Crippen LogP contribution is -2.35. The summed E-state index contributed by atoms with van der Waals surface area (Å²) < 4.78 is 5.14. The molecule has 1 heterocycles. The van der Waals surface area contributed by atoms with E-state index in [-0.39, 0.29) is 11.8 Å². The Hall–Kier alpha value is -3.31. The Kier molecular flexibility index (Phi) is 5.72. The number of nitrogens with one attached hydrogen (secondary N) is 1. The Morgan fingerprint density at radius 2 is 1.80 bits per heavy atom. The highest BCUT2D eigenvalue weighted by atomic mass is 35.5. The highest BCUT2D eigenvalue weighted by Crippen LogP contribution is 2.30. The number of methoxy groups -OCH3 is 1. The first-order valence-electron chi connectivity index (χ1n) is 9.71. The van der Waals surface area contributed by atoms with Gasteiger partial charge >= 0.3 is 0 Å². The topological polar surface area (TPSA) is 58.6 Å². The number of aryl methyl sites for hydroxylation is 1. The normalized spacial score (nSPS) is 12.8. The molecule has 0 saturated heterocycles. The number of hydrogen-bond acceptors (Lipinski definition) is 3. The molecule has 0 aromatic heterocycles. The van der Waals surface area contributed by atoms with E-state index in [1.54, 1.807) is 36.3 Å². The van der Waals surface area contributed by atoms with Gasteiger partial charge in [-0.25, -0.2) is 0 Å². The van der Waals surface area contributed by atoms with Gasteiger partial charge in [0, 0.05) is 29.0 Å². The summed E-state index contributed by atoms with van der Waals surface area (Å²) in [5, 5.41) is 3.28. The number of ether oxygens (including phenoxy) is 1. The second-order valence-electron chi connectivity index (χ2n) is 7.07. The number of hydrogen-bond donors (Lipinski definition) is 1. The van der Waals surface area contributed by atoms with E-state index < -0.39 is 0 Å². The number of carbonyl (C=O) groups excluding carboxylic acids is 2. The zero-order valence-corrected chi connectivity index (χ0v) is 17.3. The van der Waals surface area contributed by atoms with Gasteiger partial charge in [0.25, 0.3) is 11.8 Å². The fourth-order valence-electron chi connectivity index (χ4n) is 3.63. The van der Waals surface area contributed by atoms with Crippen LogP contribution in [0.25, 0.3) is 0 Å². The van der Waals surface area contributed by atoms with Gasteiger partial charge in [0.05, 0.1) is 12.1 Å². The van der Waals surface area contributed by atoms with E-state index in [0.29, 0.717) is 34.1 Å². The molecule has 6 heteroatoms. The van der Waals surface area contributed by atoms with Gasteiger partial charge in [0.2, 0.25) is 0 Å². The fourth-order valence-corrected chi connectivity index (χ4v) is 3.89. The lowest BCUT2D eigenvalue weighted by atomic mass is 9.98. The highest BCUT2D eigenvalue weighted by Gasteiger charge is 2.24. The molecule has 0 fully saturated rings. The van der Waals surface area contributed by atoms with Crippen LogP contribution in [0.2, 0.25) is 5.02 Å². The third kappa shape index (κ3) is 4.02. The van der Waals surface area contributed by atoms with Crippen LogP contribution in [-0.4, -0.2) is 25.5 Å². The van der Waals surface area contributed by atoms with Crippen molar-refractivity contribution in [2.24, 2.45) is 0 Å². The largest absolute Gasteiger partial charge is 0.495 e. The SMILES string of the molecule is COc1ccc(NC(=O)c2ccc3c(c2)CCCN3C(=O)c2ccccc2)cc1Cl. The van der Waals surface area contributed by atoms with Gasteiger partial charge in [-0.2, -0.15) is 0 Å². The van der Waals surface area contributed by atoms with E-state index in [1.165, 1.54) is 0 Å². The molecule has 0 spiro atoms. The lowest BCUT2D eigenvalue weighted by molar-refractivity contribution is 0.0984. The van der Waals surface area contributed by atoms with Crippen molar-refractivity contribution in [3.8, 4) is 5.75 Å². The van der Waals surface area contributed by atoms with Crippen LogP contribution in [0.5, 0.6) is 5.75 Å². The van der Waals surface area contributed by atoms with E-state index >= 15 is 0 Å². The van der Waals surface area contributed by atoms with E-state index in [0.717, 1.165) is 24.1 Å². The number of benzene rings is 3. The zero-order chi connectivity index (χ0) is 21.1. The Balaban J connectivity index is 1.55. The number of carbonyl (C=O) groups is 2. The third-order valence-electron chi connectivity index (χ3n) is 5.14. The Labute approximate surface area is 180 Å². The van der Waals surface area contributed by atoms with Crippen LogP contribution in [-0.2, 0) is 6.42 Å². The molecule has 0 radical (unpaired) electrons. The van der Waals surface area contributed by atoms with Crippen molar-refractivity contribution in [2.45, 2.75) is 12.8 Å². The summed E-state index contributed by atoms with van der Waals surface area (Å²) in [6.07, 6.45) is 1.67. The maximum absolute atomic E-state index is 12.9. The van der Waals surface area contributed by atoms with Gasteiger partial charge in [-0.1, -0.05) is 29.8 Å². The number of nitrogens with zero attached hydrogens (tertiary/aromatic N) is 1. The quantitative estimate of drug-likeness (QED) is 0.631. The highest BCUT2D eigenvalue weighted by molar-refractivity contribution is 6.32. The monoisotopic (exact) mass is 420 g/mol. The Bertz CT molecular complexity index is 1100. The molecule has 3 aromatic carbocycles. The first kappa shape index (κ1) is 20.0. The standard InChI is InChI=1S/C24H21ClN2O3/c1-30-22-12-10-19(15-20(22)25)26-23(28)18-9-11-21-17(14-18)8-5-13-27(21)24(29)16-6-3-2-4-7-16/h2-4,6-7,9-12,14-15H,5,8,13H2,1H3,(H,26,28). The van der Waals surface area contributed by atoms with Gasteiger partial charge in [-0.3, -0.25) is 9.59 Å². The third-order valence-corrected chi connectivity index (χ3v) is 5.43. The minimum Gasteiger partial charge on any atom is -0.495 e. The van der Waals surface area contributed by atoms with Gasteiger partial charge < -0.3 is 15.0 Å². The summed E-state index contributed by atoms with van der Waals surface area (Å²) in [6, 6.07) is 19.8. The van der Waals surface area contributed by atoms with Gasteiger partial charge in [0.15, 0.2) is 0 Å². The predicted molar refractivity (Wildman–Crippen MR) is 119 cm³/mol.